The first-order valence-electron chi connectivity index (χ1n) is 6.98. The summed E-state index contributed by atoms with van der Waals surface area (Å²) in [5.41, 5.74) is 0.223. The van der Waals surface area contributed by atoms with Crippen molar-refractivity contribution in [2.24, 2.45) is 5.92 Å². The van der Waals surface area contributed by atoms with E-state index in [4.69, 9.17) is 4.42 Å². The lowest BCUT2D eigenvalue weighted by molar-refractivity contribution is 0.0599. The number of furan rings is 1. The monoisotopic (exact) mass is 320 g/mol. The van der Waals surface area contributed by atoms with Crippen LogP contribution >= 0.6 is 11.3 Å². The number of nitrogens with zero attached hydrogens (tertiary/aromatic N) is 1. The zero-order valence-corrected chi connectivity index (χ0v) is 13.1. The van der Waals surface area contributed by atoms with Crippen LogP contribution in [0.4, 0.5) is 0 Å². The van der Waals surface area contributed by atoms with Crippen LogP contribution in [0, 0.1) is 12.8 Å². The Labute approximate surface area is 131 Å². The van der Waals surface area contributed by atoms with Crippen LogP contribution in [0.3, 0.4) is 0 Å². The maximum absolute atomic E-state index is 12.3. The van der Waals surface area contributed by atoms with E-state index >= 15 is 0 Å². The molecule has 2 aromatic heterocycles. The van der Waals surface area contributed by atoms with Crippen LogP contribution in [-0.2, 0) is 4.74 Å². The third kappa shape index (κ3) is 3.04. The Hall–Kier alpha value is -2.15. The topological polar surface area (TPSA) is 81.4 Å². The summed E-state index contributed by atoms with van der Waals surface area (Å²) >= 11 is 1.58. The number of ether oxygens (including phenoxy) is 1. The molecule has 0 saturated heterocycles. The number of hydrogen-bond acceptors (Lipinski definition) is 6. The van der Waals surface area contributed by atoms with Gasteiger partial charge < -0.3 is 14.5 Å². The van der Waals surface area contributed by atoms with Gasteiger partial charge in [-0.2, -0.15) is 0 Å². The van der Waals surface area contributed by atoms with Gasteiger partial charge in [0, 0.05) is 17.1 Å². The molecule has 1 atom stereocenters. The molecule has 116 valence electrons. The Balaban J connectivity index is 1.74. The van der Waals surface area contributed by atoms with Gasteiger partial charge in [-0.3, -0.25) is 4.79 Å². The molecule has 1 aliphatic carbocycles. The molecule has 7 heteroatoms. The molecule has 0 spiro atoms. The molecular weight excluding hydrogens is 304 g/mol. The lowest BCUT2D eigenvalue weighted by Crippen LogP contribution is -2.29. The van der Waals surface area contributed by atoms with E-state index in [9.17, 15) is 9.59 Å². The molecule has 3 rings (SSSR count). The van der Waals surface area contributed by atoms with Gasteiger partial charge in [0.2, 0.25) is 0 Å². The molecule has 1 aliphatic rings. The number of amides is 1. The number of aryl methyl sites for hydroxylation is 1. The number of carbonyl (C=O) groups is 2. The minimum Gasteiger partial charge on any atom is -0.465 e. The first kappa shape index (κ1) is 14.8. The van der Waals surface area contributed by atoms with Crippen LogP contribution in [-0.4, -0.2) is 24.0 Å². The normalized spacial score (nSPS) is 15.4. The van der Waals surface area contributed by atoms with Gasteiger partial charge in [-0.1, -0.05) is 0 Å². The number of esters is 1. The highest BCUT2D eigenvalue weighted by atomic mass is 32.1. The molecule has 2 heterocycles. The number of aromatic nitrogens is 1. The molecule has 1 saturated carbocycles. The second-order valence-corrected chi connectivity index (χ2v) is 6.56. The summed E-state index contributed by atoms with van der Waals surface area (Å²) < 4.78 is 9.75. The van der Waals surface area contributed by atoms with Crippen LogP contribution in [0.5, 0.6) is 0 Å². The molecule has 1 fully saturated rings. The first-order valence-corrected chi connectivity index (χ1v) is 7.80. The van der Waals surface area contributed by atoms with Crippen LogP contribution in [0.1, 0.15) is 49.7 Å². The number of carbonyl (C=O) groups excluding carboxylic acids is 2. The fourth-order valence-corrected chi connectivity index (χ4v) is 3.14. The van der Waals surface area contributed by atoms with E-state index in [1.165, 1.54) is 19.4 Å². The van der Waals surface area contributed by atoms with Crippen LogP contribution in [0.15, 0.2) is 22.9 Å². The Bertz CT molecular complexity index is 702. The fourth-order valence-electron chi connectivity index (χ4n) is 2.22. The zero-order chi connectivity index (χ0) is 15.7. The zero-order valence-electron chi connectivity index (χ0n) is 12.3. The maximum atomic E-state index is 12.3. The van der Waals surface area contributed by atoms with Crippen molar-refractivity contribution in [2.75, 3.05) is 7.11 Å². The molecule has 22 heavy (non-hydrogen) atoms. The first-order chi connectivity index (χ1) is 10.6. The molecule has 2 aromatic rings. The summed E-state index contributed by atoms with van der Waals surface area (Å²) in [7, 11) is 1.28. The molecule has 1 unspecified atom stereocenters. The van der Waals surface area contributed by atoms with Gasteiger partial charge in [0.15, 0.2) is 5.76 Å². The van der Waals surface area contributed by atoms with Gasteiger partial charge in [0.05, 0.1) is 18.7 Å². The van der Waals surface area contributed by atoms with Gasteiger partial charge in [-0.05, 0) is 25.7 Å². The molecule has 0 aromatic carbocycles. The molecule has 0 bridgehead atoms. The van der Waals surface area contributed by atoms with Crippen LogP contribution in [0.2, 0.25) is 0 Å². The standard InChI is InChI=1S/C15H16N2O4S/c1-8-6-16-14(22-8)12(9-3-4-9)17-13(18)11-5-10(7-21-11)15(19)20-2/h5-7,9,12H,3-4H2,1-2H3,(H,17,18). The average molecular weight is 320 g/mol. The lowest BCUT2D eigenvalue weighted by atomic mass is 10.2. The SMILES string of the molecule is COC(=O)c1coc(C(=O)NC(c2ncc(C)s2)C2CC2)c1. The second kappa shape index (κ2) is 5.92. The second-order valence-electron chi connectivity index (χ2n) is 5.29. The van der Waals surface area contributed by atoms with E-state index in [1.54, 1.807) is 11.3 Å². The van der Waals surface area contributed by atoms with Gasteiger partial charge >= 0.3 is 5.97 Å². The lowest BCUT2D eigenvalue weighted by Gasteiger charge is -2.14. The van der Waals surface area contributed by atoms with Gasteiger partial charge in [-0.15, -0.1) is 11.3 Å². The van der Waals surface area contributed by atoms with Crippen molar-refractivity contribution in [1.82, 2.24) is 10.3 Å². The van der Waals surface area contributed by atoms with E-state index in [2.05, 4.69) is 15.0 Å². The number of nitrogens with one attached hydrogen (secondary N) is 1. The van der Waals surface area contributed by atoms with E-state index in [1.807, 2.05) is 13.1 Å². The van der Waals surface area contributed by atoms with Crippen LogP contribution < -0.4 is 5.32 Å². The number of methoxy groups -OCH3 is 1. The average Bonchev–Trinajstić information content (AvgIpc) is 3.06. The molecule has 1 amide bonds. The predicted octanol–water partition coefficient (Wildman–Crippen LogP) is 2.71. The largest absolute Gasteiger partial charge is 0.465 e. The van der Waals surface area contributed by atoms with Crippen molar-refractivity contribution in [3.8, 4) is 0 Å². The van der Waals surface area contributed by atoms with E-state index in [0.29, 0.717) is 5.92 Å². The number of rotatable bonds is 5. The minimum absolute atomic E-state index is 0.0966. The summed E-state index contributed by atoms with van der Waals surface area (Å²) in [6.07, 6.45) is 5.19. The Kier molecular flexibility index (Phi) is 3.98. The van der Waals surface area contributed by atoms with Gasteiger partial charge in [-0.25, -0.2) is 9.78 Å². The van der Waals surface area contributed by atoms with E-state index in [-0.39, 0.29) is 23.3 Å². The highest BCUT2D eigenvalue weighted by Crippen LogP contribution is 2.42. The summed E-state index contributed by atoms with van der Waals surface area (Å²) in [6, 6.07) is 1.29. The smallest absolute Gasteiger partial charge is 0.341 e. The maximum Gasteiger partial charge on any atom is 0.341 e. The van der Waals surface area contributed by atoms with Crippen molar-refractivity contribution < 1.29 is 18.7 Å². The van der Waals surface area contributed by atoms with Crippen molar-refractivity contribution in [1.29, 1.82) is 0 Å². The molecule has 6 nitrogen and oxygen atoms in total. The van der Waals surface area contributed by atoms with E-state index in [0.717, 1.165) is 22.7 Å². The summed E-state index contributed by atoms with van der Waals surface area (Å²) in [5, 5.41) is 3.87. The predicted molar refractivity (Wildman–Crippen MR) is 79.8 cm³/mol. The third-order valence-corrected chi connectivity index (χ3v) is 4.53. The fraction of sp³-hybridized carbons (Fsp3) is 0.400. The Morgan fingerprint density at radius 3 is 2.86 bits per heavy atom. The van der Waals surface area contributed by atoms with Gasteiger partial charge in [0.25, 0.3) is 5.91 Å². The number of hydrogen-bond donors (Lipinski definition) is 1. The van der Waals surface area contributed by atoms with E-state index < -0.39 is 5.97 Å². The highest BCUT2D eigenvalue weighted by Gasteiger charge is 2.36. The quantitative estimate of drug-likeness (QED) is 0.857. The minimum atomic E-state index is -0.530. The summed E-state index contributed by atoms with van der Waals surface area (Å²) in [6.45, 7) is 1.99. The Morgan fingerprint density at radius 1 is 1.50 bits per heavy atom. The third-order valence-electron chi connectivity index (χ3n) is 3.53. The van der Waals surface area contributed by atoms with Gasteiger partial charge in [0.1, 0.15) is 11.3 Å². The summed E-state index contributed by atoms with van der Waals surface area (Å²) in [5.74, 6) is -0.360. The molecule has 0 radical (unpaired) electrons. The van der Waals surface area contributed by atoms with Crippen molar-refractivity contribution in [2.45, 2.75) is 25.8 Å². The van der Waals surface area contributed by atoms with Crippen molar-refractivity contribution >= 4 is 23.2 Å². The molecular formula is C15H16N2O4S. The van der Waals surface area contributed by atoms with Crippen molar-refractivity contribution in [3.63, 3.8) is 0 Å². The Morgan fingerprint density at radius 2 is 2.27 bits per heavy atom. The molecule has 1 N–H and O–H groups in total. The van der Waals surface area contributed by atoms with Crippen molar-refractivity contribution in [3.05, 3.63) is 39.7 Å². The highest BCUT2D eigenvalue weighted by molar-refractivity contribution is 7.11. The summed E-state index contributed by atoms with van der Waals surface area (Å²) in [4.78, 5) is 29.2. The number of thiazole rings is 1. The molecule has 0 aliphatic heterocycles. The van der Waals surface area contributed by atoms with Crippen LogP contribution in [0.25, 0.3) is 0 Å².